The van der Waals surface area contributed by atoms with Gasteiger partial charge in [0.25, 0.3) is 0 Å². The van der Waals surface area contributed by atoms with Crippen molar-refractivity contribution < 1.29 is 9.21 Å². The van der Waals surface area contributed by atoms with E-state index < -0.39 is 0 Å². The largest absolute Gasteiger partial charge is 0.453 e. The van der Waals surface area contributed by atoms with Crippen molar-refractivity contribution in [1.29, 1.82) is 0 Å². The second-order valence-corrected chi connectivity index (χ2v) is 5.97. The molecule has 0 aliphatic heterocycles. The van der Waals surface area contributed by atoms with Crippen LogP contribution in [-0.2, 0) is 0 Å². The molecule has 2 nitrogen and oxygen atoms in total. The van der Waals surface area contributed by atoms with Crippen LogP contribution in [0.25, 0.3) is 11.0 Å². The molecule has 0 saturated heterocycles. The number of ketones is 1. The lowest BCUT2D eigenvalue weighted by Crippen LogP contribution is -2.00. The van der Waals surface area contributed by atoms with E-state index in [1.165, 1.54) is 0 Å². The maximum absolute atomic E-state index is 12.4. The monoisotopic (exact) mass is 368 g/mol. The van der Waals surface area contributed by atoms with Crippen LogP contribution in [0.2, 0.25) is 10.0 Å². The Kier molecular flexibility index (Phi) is 3.59. The number of carbonyl (C=O) groups excluding carboxylic acids is 1. The molecule has 0 spiro atoms. The number of hydrogen-bond acceptors (Lipinski definition) is 2. The van der Waals surface area contributed by atoms with Crippen molar-refractivity contribution >= 4 is 55.9 Å². The van der Waals surface area contributed by atoms with Gasteiger partial charge in [-0.05, 0) is 58.4 Å². The molecule has 0 aliphatic rings. The zero-order valence-corrected chi connectivity index (χ0v) is 13.1. The smallest absolute Gasteiger partial charge is 0.229 e. The fourth-order valence-electron chi connectivity index (χ4n) is 1.93. The molecule has 0 amide bonds. The van der Waals surface area contributed by atoms with Crippen LogP contribution in [0.1, 0.15) is 16.1 Å². The number of halogens is 3. The minimum absolute atomic E-state index is 0.208. The molecule has 0 bridgehead atoms. The van der Waals surface area contributed by atoms with Crippen LogP contribution in [0.15, 0.2) is 51.4 Å². The van der Waals surface area contributed by atoms with Crippen molar-refractivity contribution in [2.24, 2.45) is 0 Å². The van der Waals surface area contributed by atoms with E-state index in [9.17, 15) is 4.79 Å². The van der Waals surface area contributed by atoms with Crippen LogP contribution < -0.4 is 0 Å². The zero-order chi connectivity index (χ0) is 14.3. The Bertz CT molecular complexity index is 824. The Balaban J connectivity index is 2.08. The molecule has 0 fully saturated rings. The van der Waals surface area contributed by atoms with Crippen molar-refractivity contribution in [3.8, 4) is 0 Å². The Morgan fingerprint density at radius 1 is 1.00 bits per heavy atom. The number of furan rings is 1. The van der Waals surface area contributed by atoms with E-state index in [0.29, 0.717) is 25.7 Å². The summed E-state index contributed by atoms with van der Waals surface area (Å²) >= 11 is 15.1. The highest BCUT2D eigenvalue weighted by molar-refractivity contribution is 9.10. The number of benzene rings is 2. The molecule has 0 N–H and O–H groups in total. The van der Waals surface area contributed by atoms with Crippen LogP contribution >= 0.6 is 39.1 Å². The molecule has 5 heteroatoms. The minimum atomic E-state index is -0.208. The molecule has 20 heavy (non-hydrogen) atoms. The van der Waals surface area contributed by atoms with E-state index >= 15 is 0 Å². The number of carbonyl (C=O) groups is 1. The van der Waals surface area contributed by atoms with Gasteiger partial charge in [0.2, 0.25) is 5.78 Å². The van der Waals surface area contributed by atoms with Gasteiger partial charge in [0.1, 0.15) is 5.58 Å². The van der Waals surface area contributed by atoms with Gasteiger partial charge >= 0.3 is 0 Å². The number of rotatable bonds is 2. The summed E-state index contributed by atoms with van der Waals surface area (Å²) in [4.78, 5) is 12.4. The summed E-state index contributed by atoms with van der Waals surface area (Å²) in [7, 11) is 0. The first-order valence-corrected chi connectivity index (χ1v) is 7.28. The Morgan fingerprint density at radius 2 is 1.70 bits per heavy atom. The minimum Gasteiger partial charge on any atom is -0.453 e. The van der Waals surface area contributed by atoms with Gasteiger partial charge < -0.3 is 4.42 Å². The molecule has 3 aromatic rings. The molecule has 1 aromatic heterocycles. The predicted molar refractivity (Wildman–Crippen MR) is 83.8 cm³/mol. The van der Waals surface area contributed by atoms with Crippen molar-refractivity contribution in [2.75, 3.05) is 0 Å². The molecular weight excluding hydrogens is 363 g/mol. The van der Waals surface area contributed by atoms with Gasteiger partial charge in [-0.25, -0.2) is 0 Å². The molecule has 0 radical (unpaired) electrons. The van der Waals surface area contributed by atoms with Gasteiger partial charge in [-0.15, -0.1) is 0 Å². The Morgan fingerprint density at radius 3 is 2.45 bits per heavy atom. The summed E-state index contributed by atoms with van der Waals surface area (Å²) in [5.74, 6) is 0.0613. The highest BCUT2D eigenvalue weighted by Crippen LogP contribution is 2.28. The van der Waals surface area contributed by atoms with Crippen LogP contribution in [0, 0.1) is 0 Å². The quantitative estimate of drug-likeness (QED) is 0.539. The molecule has 1 heterocycles. The van der Waals surface area contributed by atoms with E-state index in [-0.39, 0.29) is 11.5 Å². The molecule has 0 atom stereocenters. The molecule has 2 aromatic carbocycles. The predicted octanol–water partition coefficient (Wildman–Crippen LogP) is 5.73. The summed E-state index contributed by atoms with van der Waals surface area (Å²) in [5, 5.41) is 1.96. The standard InChI is InChI=1S/C15H7BrCl2O2/c16-12-7-10(18)1-3-11(12)15(19)14-6-8-5-9(17)2-4-13(8)20-14/h1-7H. The van der Waals surface area contributed by atoms with Crippen LogP contribution in [0.5, 0.6) is 0 Å². The van der Waals surface area contributed by atoms with Crippen molar-refractivity contribution in [3.63, 3.8) is 0 Å². The van der Waals surface area contributed by atoms with Crippen LogP contribution in [0.3, 0.4) is 0 Å². The number of hydrogen-bond donors (Lipinski definition) is 0. The molecule has 100 valence electrons. The van der Waals surface area contributed by atoms with E-state index in [1.807, 2.05) is 0 Å². The van der Waals surface area contributed by atoms with Crippen molar-refractivity contribution in [2.45, 2.75) is 0 Å². The first kappa shape index (κ1) is 13.7. The van der Waals surface area contributed by atoms with Gasteiger partial charge in [-0.2, -0.15) is 0 Å². The maximum Gasteiger partial charge on any atom is 0.229 e. The van der Waals surface area contributed by atoms with Gasteiger partial charge in [0, 0.05) is 25.5 Å². The third-order valence-corrected chi connectivity index (χ3v) is 4.00. The second-order valence-electron chi connectivity index (χ2n) is 4.25. The second kappa shape index (κ2) is 5.24. The summed E-state index contributed by atoms with van der Waals surface area (Å²) in [5.41, 5.74) is 1.13. The number of fused-ring (bicyclic) bond motifs is 1. The van der Waals surface area contributed by atoms with Crippen LogP contribution in [-0.4, -0.2) is 5.78 Å². The third kappa shape index (κ3) is 2.49. The van der Waals surface area contributed by atoms with E-state index in [4.69, 9.17) is 27.6 Å². The lowest BCUT2D eigenvalue weighted by molar-refractivity contribution is 0.101. The average Bonchev–Trinajstić information content (AvgIpc) is 2.81. The highest BCUT2D eigenvalue weighted by Gasteiger charge is 2.17. The molecule has 3 rings (SSSR count). The average molecular weight is 370 g/mol. The van der Waals surface area contributed by atoms with Gasteiger partial charge in [0.15, 0.2) is 5.76 Å². The molecule has 0 unspecified atom stereocenters. The van der Waals surface area contributed by atoms with Gasteiger partial charge in [-0.3, -0.25) is 4.79 Å². The van der Waals surface area contributed by atoms with E-state index in [1.54, 1.807) is 42.5 Å². The first-order chi connectivity index (χ1) is 9.54. The Labute approximate surface area is 133 Å². The normalized spacial score (nSPS) is 10.9. The summed E-state index contributed by atoms with van der Waals surface area (Å²) in [6.07, 6.45) is 0. The third-order valence-electron chi connectivity index (χ3n) is 2.88. The summed E-state index contributed by atoms with van der Waals surface area (Å²) in [6, 6.07) is 11.9. The van der Waals surface area contributed by atoms with Crippen molar-refractivity contribution in [1.82, 2.24) is 0 Å². The van der Waals surface area contributed by atoms with E-state index in [2.05, 4.69) is 15.9 Å². The summed E-state index contributed by atoms with van der Waals surface area (Å²) in [6.45, 7) is 0. The molecular formula is C15H7BrCl2O2. The molecule has 0 aliphatic carbocycles. The van der Waals surface area contributed by atoms with Gasteiger partial charge in [0.05, 0.1) is 0 Å². The van der Waals surface area contributed by atoms with Crippen molar-refractivity contribution in [3.05, 3.63) is 68.3 Å². The summed E-state index contributed by atoms with van der Waals surface area (Å²) < 4.78 is 6.20. The topological polar surface area (TPSA) is 30.2 Å². The van der Waals surface area contributed by atoms with E-state index in [0.717, 1.165) is 5.39 Å². The lowest BCUT2D eigenvalue weighted by atomic mass is 10.1. The maximum atomic E-state index is 12.4. The Hall–Kier alpha value is -1.29. The van der Waals surface area contributed by atoms with Crippen LogP contribution in [0.4, 0.5) is 0 Å². The fourth-order valence-corrected chi connectivity index (χ4v) is 2.98. The zero-order valence-electron chi connectivity index (χ0n) is 9.99. The fraction of sp³-hybridized carbons (Fsp3) is 0. The SMILES string of the molecule is O=C(c1cc2cc(Cl)ccc2o1)c1ccc(Cl)cc1Br. The first-order valence-electron chi connectivity index (χ1n) is 5.73. The van der Waals surface area contributed by atoms with Gasteiger partial charge in [-0.1, -0.05) is 23.2 Å². The highest BCUT2D eigenvalue weighted by atomic mass is 79.9. The lowest BCUT2D eigenvalue weighted by Gasteiger charge is -2.01. The molecule has 0 saturated carbocycles.